The van der Waals surface area contributed by atoms with E-state index in [4.69, 9.17) is 27.6 Å². The zero-order valence-corrected chi connectivity index (χ0v) is 11.7. The lowest BCUT2D eigenvalue weighted by Gasteiger charge is -2.09. The summed E-state index contributed by atoms with van der Waals surface area (Å²) in [7, 11) is 1.81. The SMILES string of the molecule is CCc1nn(C)c(CC(O)c2ccoc2Cl)c1Cl. The smallest absolute Gasteiger partial charge is 0.198 e. The third-order valence-electron chi connectivity index (χ3n) is 2.89. The first kappa shape index (κ1) is 13.5. The van der Waals surface area contributed by atoms with Crippen molar-refractivity contribution in [2.45, 2.75) is 25.9 Å². The molecule has 0 aliphatic carbocycles. The molecular weight excluding hydrogens is 275 g/mol. The molecule has 0 radical (unpaired) electrons. The van der Waals surface area contributed by atoms with E-state index in [2.05, 4.69) is 5.10 Å². The third kappa shape index (κ3) is 2.41. The molecule has 0 aliphatic heterocycles. The van der Waals surface area contributed by atoms with Gasteiger partial charge in [0.1, 0.15) is 0 Å². The molecule has 0 bridgehead atoms. The van der Waals surface area contributed by atoms with Crippen LogP contribution in [0.4, 0.5) is 0 Å². The summed E-state index contributed by atoms with van der Waals surface area (Å²) in [6, 6.07) is 1.65. The van der Waals surface area contributed by atoms with Crippen LogP contribution < -0.4 is 0 Å². The minimum atomic E-state index is -0.756. The summed E-state index contributed by atoms with van der Waals surface area (Å²) < 4.78 is 6.65. The van der Waals surface area contributed by atoms with Crippen molar-refractivity contribution in [1.29, 1.82) is 0 Å². The first-order valence-electron chi connectivity index (χ1n) is 5.65. The van der Waals surface area contributed by atoms with Crippen LogP contribution in [0.1, 0.15) is 30.0 Å². The molecule has 2 aromatic rings. The van der Waals surface area contributed by atoms with E-state index in [9.17, 15) is 5.11 Å². The summed E-state index contributed by atoms with van der Waals surface area (Å²) in [5, 5.41) is 15.2. The summed E-state index contributed by atoms with van der Waals surface area (Å²) in [5.41, 5.74) is 2.19. The number of rotatable bonds is 4. The highest BCUT2D eigenvalue weighted by Crippen LogP contribution is 2.30. The molecule has 0 spiro atoms. The quantitative estimate of drug-likeness (QED) is 0.940. The Morgan fingerprint density at radius 1 is 1.50 bits per heavy atom. The maximum atomic E-state index is 10.1. The zero-order valence-electron chi connectivity index (χ0n) is 10.2. The number of aliphatic hydroxyl groups is 1. The molecule has 2 rings (SSSR count). The van der Waals surface area contributed by atoms with Gasteiger partial charge in [-0.05, 0) is 24.1 Å². The number of hydrogen-bond donors (Lipinski definition) is 1. The maximum Gasteiger partial charge on any atom is 0.198 e. The molecule has 0 amide bonds. The Balaban J connectivity index is 2.24. The summed E-state index contributed by atoms with van der Waals surface area (Å²) in [4.78, 5) is 0. The van der Waals surface area contributed by atoms with Crippen molar-refractivity contribution in [2.24, 2.45) is 7.05 Å². The van der Waals surface area contributed by atoms with E-state index in [-0.39, 0.29) is 5.22 Å². The second-order valence-corrected chi connectivity index (χ2v) is 4.78. The van der Waals surface area contributed by atoms with Gasteiger partial charge in [-0.3, -0.25) is 4.68 Å². The van der Waals surface area contributed by atoms with Gasteiger partial charge in [-0.2, -0.15) is 5.10 Å². The molecule has 0 saturated heterocycles. The number of nitrogens with zero attached hydrogens (tertiary/aromatic N) is 2. The van der Waals surface area contributed by atoms with Gasteiger partial charge < -0.3 is 9.52 Å². The van der Waals surface area contributed by atoms with E-state index in [0.717, 1.165) is 17.8 Å². The number of aliphatic hydroxyl groups excluding tert-OH is 1. The van der Waals surface area contributed by atoms with E-state index in [1.165, 1.54) is 6.26 Å². The highest BCUT2D eigenvalue weighted by molar-refractivity contribution is 6.32. The van der Waals surface area contributed by atoms with Crippen molar-refractivity contribution in [3.63, 3.8) is 0 Å². The van der Waals surface area contributed by atoms with Gasteiger partial charge in [0.05, 0.1) is 28.8 Å². The largest absolute Gasteiger partial charge is 0.453 e. The highest BCUT2D eigenvalue weighted by Gasteiger charge is 2.20. The normalized spacial score (nSPS) is 12.9. The number of aryl methyl sites for hydroxylation is 2. The molecule has 0 fully saturated rings. The Kier molecular flexibility index (Phi) is 4.00. The van der Waals surface area contributed by atoms with Crippen LogP contribution in [0.25, 0.3) is 0 Å². The van der Waals surface area contributed by atoms with Crippen molar-refractivity contribution in [2.75, 3.05) is 0 Å². The fourth-order valence-electron chi connectivity index (χ4n) is 1.88. The van der Waals surface area contributed by atoms with Crippen LogP contribution in [0, 0.1) is 0 Å². The molecule has 98 valence electrons. The van der Waals surface area contributed by atoms with Gasteiger partial charge in [-0.15, -0.1) is 0 Å². The average Bonchev–Trinajstić information content (AvgIpc) is 2.87. The molecule has 6 heteroatoms. The molecule has 0 saturated carbocycles. The van der Waals surface area contributed by atoms with Crippen LogP contribution in [0.5, 0.6) is 0 Å². The van der Waals surface area contributed by atoms with Gasteiger partial charge in [0.2, 0.25) is 0 Å². The predicted octanol–water partition coefficient (Wildman–Crippen LogP) is 3.16. The Morgan fingerprint density at radius 2 is 2.22 bits per heavy atom. The summed E-state index contributed by atoms with van der Waals surface area (Å²) in [6.07, 6.45) is 1.80. The zero-order chi connectivity index (χ0) is 13.3. The molecule has 18 heavy (non-hydrogen) atoms. The summed E-state index contributed by atoms with van der Waals surface area (Å²) in [6.45, 7) is 1.99. The van der Waals surface area contributed by atoms with Crippen LogP contribution in [0.3, 0.4) is 0 Å². The standard InChI is InChI=1S/C12H14Cl2N2O2/c1-3-8-11(13)9(16(2)15-8)6-10(17)7-4-5-18-12(7)14/h4-5,10,17H,3,6H2,1-2H3. The fourth-order valence-corrected chi connectivity index (χ4v) is 2.49. The van der Waals surface area contributed by atoms with Crippen LogP contribution in [0.15, 0.2) is 16.7 Å². The minimum Gasteiger partial charge on any atom is -0.453 e. The maximum absolute atomic E-state index is 10.1. The fraction of sp³-hybridized carbons (Fsp3) is 0.417. The molecule has 1 atom stereocenters. The Labute approximate surface area is 115 Å². The Morgan fingerprint density at radius 3 is 2.72 bits per heavy atom. The average molecular weight is 289 g/mol. The van der Waals surface area contributed by atoms with Crippen molar-refractivity contribution >= 4 is 23.2 Å². The van der Waals surface area contributed by atoms with Crippen LogP contribution in [0.2, 0.25) is 10.2 Å². The molecule has 0 aliphatic rings. The molecule has 2 heterocycles. The monoisotopic (exact) mass is 288 g/mol. The Bertz CT molecular complexity index is 548. The van der Waals surface area contributed by atoms with Gasteiger partial charge in [0.15, 0.2) is 5.22 Å². The molecule has 4 nitrogen and oxygen atoms in total. The van der Waals surface area contributed by atoms with Crippen LogP contribution in [-0.2, 0) is 19.9 Å². The topological polar surface area (TPSA) is 51.2 Å². The van der Waals surface area contributed by atoms with Crippen LogP contribution in [-0.4, -0.2) is 14.9 Å². The third-order valence-corrected chi connectivity index (χ3v) is 3.64. The van der Waals surface area contributed by atoms with Crippen molar-refractivity contribution in [1.82, 2.24) is 9.78 Å². The van der Waals surface area contributed by atoms with E-state index in [0.29, 0.717) is 17.0 Å². The predicted molar refractivity (Wildman–Crippen MR) is 70.0 cm³/mol. The van der Waals surface area contributed by atoms with E-state index in [1.807, 2.05) is 14.0 Å². The lowest BCUT2D eigenvalue weighted by atomic mass is 10.1. The van der Waals surface area contributed by atoms with Gasteiger partial charge >= 0.3 is 0 Å². The number of hydrogen-bond acceptors (Lipinski definition) is 3. The summed E-state index contributed by atoms with van der Waals surface area (Å²) >= 11 is 12.1. The van der Waals surface area contributed by atoms with Crippen molar-refractivity contribution in [3.8, 4) is 0 Å². The van der Waals surface area contributed by atoms with Gasteiger partial charge in [0, 0.05) is 19.0 Å². The number of furan rings is 1. The first-order valence-corrected chi connectivity index (χ1v) is 6.41. The first-order chi connectivity index (χ1) is 8.54. The van der Waals surface area contributed by atoms with Crippen molar-refractivity contribution in [3.05, 3.63) is 39.5 Å². The van der Waals surface area contributed by atoms with Gasteiger partial charge in [0.25, 0.3) is 0 Å². The lowest BCUT2D eigenvalue weighted by Crippen LogP contribution is -2.06. The molecule has 2 aromatic heterocycles. The highest BCUT2D eigenvalue weighted by atomic mass is 35.5. The minimum absolute atomic E-state index is 0.205. The second-order valence-electron chi connectivity index (χ2n) is 4.05. The molecule has 1 unspecified atom stereocenters. The van der Waals surface area contributed by atoms with E-state index in [1.54, 1.807) is 10.7 Å². The Hall–Kier alpha value is -0.970. The molecule has 1 N–H and O–H groups in total. The van der Waals surface area contributed by atoms with E-state index >= 15 is 0 Å². The number of halogens is 2. The van der Waals surface area contributed by atoms with Crippen molar-refractivity contribution < 1.29 is 9.52 Å². The van der Waals surface area contributed by atoms with Crippen LogP contribution >= 0.6 is 23.2 Å². The number of aromatic nitrogens is 2. The van der Waals surface area contributed by atoms with Gasteiger partial charge in [-0.1, -0.05) is 18.5 Å². The molecular formula is C12H14Cl2N2O2. The lowest BCUT2D eigenvalue weighted by molar-refractivity contribution is 0.175. The molecule has 0 aromatic carbocycles. The van der Waals surface area contributed by atoms with E-state index < -0.39 is 6.10 Å². The van der Waals surface area contributed by atoms with Gasteiger partial charge in [-0.25, -0.2) is 0 Å². The second kappa shape index (κ2) is 5.34. The summed E-state index contributed by atoms with van der Waals surface area (Å²) in [5.74, 6) is 0.